The molecule has 3 rings (SSSR count). The Bertz CT molecular complexity index is 620. The summed E-state index contributed by atoms with van der Waals surface area (Å²) in [5.74, 6) is 0.568. The molecule has 1 aliphatic heterocycles. The minimum atomic E-state index is -0.241. The smallest absolute Gasteiger partial charge is 0.217 e. The highest BCUT2D eigenvalue weighted by Gasteiger charge is 2.29. The minimum Gasteiger partial charge on any atom is -0.291 e. The van der Waals surface area contributed by atoms with Gasteiger partial charge in [0, 0.05) is 18.9 Å². The van der Waals surface area contributed by atoms with Crippen molar-refractivity contribution < 1.29 is 9.18 Å². The predicted octanol–water partition coefficient (Wildman–Crippen LogP) is 2.16. The molecule has 1 aromatic carbocycles. The molecule has 18 heavy (non-hydrogen) atoms. The van der Waals surface area contributed by atoms with Crippen LogP contribution in [0.3, 0.4) is 0 Å². The average Bonchev–Trinajstić information content (AvgIpc) is 2.89. The van der Waals surface area contributed by atoms with Crippen LogP contribution in [0.2, 0.25) is 0 Å². The van der Waals surface area contributed by atoms with Crippen molar-refractivity contribution in [3.8, 4) is 0 Å². The molecule has 0 saturated heterocycles. The molecular weight excluding hydrogens is 233 g/mol. The lowest BCUT2D eigenvalue weighted by atomic mass is 10.0. The van der Waals surface area contributed by atoms with Crippen LogP contribution in [0.4, 0.5) is 4.39 Å². The van der Waals surface area contributed by atoms with E-state index in [0.717, 1.165) is 18.7 Å². The number of aromatic nitrogens is 3. The van der Waals surface area contributed by atoms with Gasteiger partial charge in [-0.1, -0.05) is 18.2 Å². The number of carbonyl (C=O) groups excluding carboxylic acids is 1. The summed E-state index contributed by atoms with van der Waals surface area (Å²) in [5, 5.41) is 4.18. The van der Waals surface area contributed by atoms with Crippen LogP contribution in [0.1, 0.15) is 41.4 Å². The third kappa shape index (κ3) is 1.63. The number of fused-ring (bicyclic) bond motifs is 1. The summed E-state index contributed by atoms with van der Waals surface area (Å²) >= 11 is 0. The van der Waals surface area contributed by atoms with Gasteiger partial charge >= 0.3 is 0 Å². The van der Waals surface area contributed by atoms with Crippen molar-refractivity contribution in [3.63, 3.8) is 0 Å². The molecule has 5 heteroatoms. The number of carbonyl (C=O) groups is 1. The maximum absolute atomic E-state index is 13.8. The molecule has 0 bridgehead atoms. The molecule has 0 fully saturated rings. The van der Waals surface area contributed by atoms with Crippen molar-refractivity contribution in [2.75, 3.05) is 0 Å². The van der Waals surface area contributed by atoms with Gasteiger partial charge in [0.1, 0.15) is 11.6 Å². The number of nitrogens with zero attached hydrogens (tertiary/aromatic N) is 3. The molecule has 4 nitrogen and oxygen atoms in total. The molecule has 1 atom stereocenters. The lowest BCUT2D eigenvalue weighted by Gasteiger charge is -2.12. The molecule has 0 saturated carbocycles. The first-order valence-corrected chi connectivity index (χ1v) is 5.87. The van der Waals surface area contributed by atoms with Gasteiger partial charge in [0.05, 0.1) is 6.04 Å². The fourth-order valence-corrected chi connectivity index (χ4v) is 2.35. The highest BCUT2D eigenvalue weighted by molar-refractivity contribution is 5.90. The van der Waals surface area contributed by atoms with E-state index in [1.165, 1.54) is 13.0 Å². The molecule has 0 aliphatic carbocycles. The van der Waals surface area contributed by atoms with Crippen LogP contribution in [-0.4, -0.2) is 20.5 Å². The summed E-state index contributed by atoms with van der Waals surface area (Å²) in [6.45, 7) is 1.43. The fraction of sp³-hybridized carbons (Fsp3) is 0.308. The molecule has 92 valence electrons. The summed E-state index contributed by atoms with van der Waals surface area (Å²) < 4.78 is 15.4. The van der Waals surface area contributed by atoms with E-state index in [2.05, 4.69) is 10.1 Å². The lowest BCUT2D eigenvalue weighted by Crippen LogP contribution is -2.10. The Labute approximate surface area is 103 Å². The standard InChI is InChI=1S/C13H12FN3O/c1-8(18)13-15-12-7-6-11(17(12)16-13)9-4-2-3-5-10(9)14/h2-5,11H,6-7H2,1H3/t11-/m0/s1. The summed E-state index contributed by atoms with van der Waals surface area (Å²) in [5.41, 5.74) is 0.608. The zero-order chi connectivity index (χ0) is 12.7. The minimum absolute atomic E-state index is 0.151. The molecule has 0 spiro atoms. The number of rotatable bonds is 2. The predicted molar refractivity (Wildman–Crippen MR) is 62.9 cm³/mol. The van der Waals surface area contributed by atoms with Gasteiger partial charge in [0.2, 0.25) is 5.82 Å². The molecule has 0 radical (unpaired) electrons. The number of hydrogen-bond donors (Lipinski definition) is 0. The first kappa shape index (κ1) is 11.1. The van der Waals surface area contributed by atoms with Crippen LogP contribution in [0, 0.1) is 5.82 Å². The Balaban J connectivity index is 2.04. The van der Waals surface area contributed by atoms with Gasteiger partial charge < -0.3 is 0 Å². The van der Waals surface area contributed by atoms with Crippen LogP contribution >= 0.6 is 0 Å². The second-order valence-electron chi connectivity index (χ2n) is 4.43. The first-order chi connectivity index (χ1) is 8.66. The van der Waals surface area contributed by atoms with Gasteiger partial charge in [0.25, 0.3) is 0 Å². The number of halogens is 1. The lowest BCUT2D eigenvalue weighted by molar-refractivity contribution is 0.100. The van der Waals surface area contributed by atoms with Crippen molar-refractivity contribution in [1.82, 2.24) is 14.8 Å². The van der Waals surface area contributed by atoms with E-state index in [1.54, 1.807) is 22.9 Å². The Kier molecular flexibility index (Phi) is 2.47. The molecule has 0 unspecified atom stereocenters. The molecule has 0 amide bonds. The van der Waals surface area contributed by atoms with Gasteiger partial charge in [-0.2, -0.15) is 0 Å². The Hall–Kier alpha value is -2.04. The molecule has 1 aromatic heterocycles. The van der Waals surface area contributed by atoms with Crippen LogP contribution in [0.15, 0.2) is 24.3 Å². The number of ketones is 1. The van der Waals surface area contributed by atoms with E-state index in [9.17, 15) is 9.18 Å². The zero-order valence-corrected chi connectivity index (χ0v) is 9.93. The zero-order valence-electron chi connectivity index (χ0n) is 9.93. The van der Waals surface area contributed by atoms with Crippen LogP contribution < -0.4 is 0 Å². The number of Topliss-reactive ketones (excluding diaryl/α,β-unsaturated/α-hetero) is 1. The van der Waals surface area contributed by atoms with E-state index in [4.69, 9.17) is 0 Å². The second kappa shape index (κ2) is 4.01. The van der Waals surface area contributed by atoms with Crippen LogP contribution in [0.5, 0.6) is 0 Å². The van der Waals surface area contributed by atoms with E-state index >= 15 is 0 Å². The second-order valence-corrected chi connectivity index (χ2v) is 4.43. The summed E-state index contributed by atoms with van der Waals surface area (Å²) in [6.07, 6.45) is 1.49. The van der Waals surface area contributed by atoms with E-state index in [1.807, 2.05) is 0 Å². The normalized spacial score (nSPS) is 17.8. The molecule has 0 N–H and O–H groups in total. The highest BCUT2D eigenvalue weighted by atomic mass is 19.1. The van der Waals surface area contributed by atoms with Crippen LogP contribution in [0.25, 0.3) is 0 Å². The Morgan fingerprint density at radius 2 is 2.22 bits per heavy atom. The third-order valence-electron chi connectivity index (χ3n) is 3.22. The third-order valence-corrected chi connectivity index (χ3v) is 3.22. The summed E-state index contributed by atoms with van der Waals surface area (Å²) in [4.78, 5) is 15.4. The first-order valence-electron chi connectivity index (χ1n) is 5.87. The van der Waals surface area contributed by atoms with Crippen molar-refractivity contribution >= 4 is 5.78 Å². The van der Waals surface area contributed by atoms with Crippen molar-refractivity contribution in [2.45, 2.75) is 25.8 Å². The quantitative estimate of drug-likeness (QED) is 0.762. The van der Waals surface area contributed by atoms with Gasteiger partial charge in [-0.15, -0.1) is 5.10 Å². The monoisotopic (exact) mass is 245 g/mol. The summed E-state index contributed by atoms with van der Waals surface area (Å²) in [6, 6.07) is 6.51. The van der Waals surface area contributed by atoms with Crippen LogP contribution in [-0.2, 0) is 6.42 Å². The average molecular weight is 245 g/mol. The molecule has 2 aromatic rings. The molecular formula is C13H12FN3O. The number of hydrogen-bond acceptors (Lipinski definition) is 3. The van der Waals surface area contributed by atoms with Gasteiger partial charge in [-0.25, -0.2) is 14.1 Å². The highest BCUT2D eigenvalue weighted by Crippen LogP contribution is 2.31. The van der Waals surface area contributed by atoms with Crippen molar-refractivity contribution in [3.05, 3.63) is 47.3 Å². The molecule has 2 heterocycles. The van der Waals surface area contributed by atoms with E-state index < -0.39 is 0 Å². The number of benzene rings is 1. The Morgan fingerprint density at radius 1 is 1.44 bits per heavy atom. The fourth-order valence-electron chi connectivity index (χ4n) is 2.35. The SMILES string of the molecule is CC(=O)c1nc2n(n1)[C@H](c1ccccc1F)CC2. The van der Waals surface area contributed by atoms with E-state index in [0.29, 0.717) is 5.56 Å². The maximum Gasteiger partial charge on any atom is 0.217 e. The van der Waals surface area contributed by atoms with E-state index in [-0.39, 0.29) is 23.5 Å². The van der Waals surface area contributed by atoms with Gasteiger partial charge in [-0.05, 0) is 12.5 Å². The topological polar surface area (TPSA) is 47.8 Å². The van der Waals surface area contributed by atoms with Gasteiger partial charge in [-0.3, -0.25) is 4.79 Å². The largest absolute Gasteiger partial charge is 0.291 e. The molecule has 1 aliphatic rings. The number of aryl methyl sites for hydroxylation is 1. The van der Waals surface area contributed by atoms with Crippen molar-refractivity contribution in [2.24, 2.45) is 0 Å². The Morgan fingerprint density at radius 3 is 2.94 bits per heavy atom. The summed E-state index contributed by atoms with van der Waals surface area (Å²) in [7, 11) is 0. The van der Waals surface area contributed by atoms with Gasteiger partial charge in [0.15, 0.2) is 5.78 Å². The maximum atomic E-state index is 13.8. The van der Waals surface area contributed by atoms with Crippen molar-refractivity contribution in [1.29, 1.82) is 0 Å².